The predicted octanol–water partition coefficient (Wildman–Crippen LogP) is 3.82. The van der Waals surface area contributed by atoms with E-state index in [4.69, 9.17) is 4.43 Å². The zero-order chi connectivity index (χ0) is 17.6. The average Bonchev–Trinajstić information content (AvgIpc) is 2.38. The smallest absolute Gasteiger partial charge is 0.216 e. The van der Waals surface area contributed by atoms with E-state index in [1.807, 2.05) is 6.92 Å². The van der Waals surface area contributed by atoms with Gasteiger partial charge in [-0.05, 0) is 24.6 Å². The molecule has 0 saturated carbocycles. The number of nitrogens with one attached hydrogen (secondary N) is 1. The molecule has 0 heterocycles. The van der Waals surface area contributed by atoms with Crippen LogP contribution in [-0.2, 0) is 14.0 Å². The fraction of sp³-hybridized carbons (Fsp3) is 0.875. The average molecular weight is 350 g/mol. The number of carbonyl (C=O) groups excluding carboxylic acids is 2. The maximum absolute atomic E-state index is 12.3. The number of rotatable bonds is 8. The Morgan fingerprint density at radius 3 is 2.23 bits per heavy atom. The topological polar surface area (TPSA) is 55.4 Å². The van der Waals surface area contributed by atoms with Crippen LogP contribution in [-0.4, -0.2) is 37.7 Å². The van der Waals surface area contributed by atoms with Crippen molar-refractivity contribution in [1.82, 2.24) is 5.32 Å². The fourth-order valence-electron chi connectivity index (χ4n) is 1.76. The molecular formula is C16H33NO3SSi. The molecule has 4 nitrogen and oxygen atoms in total. The number of thioether (sulfide) groups is 1. The van der Waals surface area contributed by atoms with Crippen LogP contribution < -0.4 is 5.32 Å². The highest BCUT2D eigenvalue weighted by molar-refractivity contribution is 8.13. The molecule has 0 aliphatic carbocycles. The van der Waals surface area contributed by atoms with Crippen molar-refractivity contribution in [1.29, 1.82) is 0 Å². The Balaban J connectivity index is 4.55. The van der Waals surface area contributed by atoms with E-state index in [-0.39, 0.29) is 28.1 Å². The standard InChI is InChI=1S/C16H33NO3SSi/c1-9-14(20-22(7,8)16(4,5)6)12(2)15(19)21-11-10-17-13(3)18/h12,14H,9-11H2,1-8H3,(H,17,18)/t12-,14-/m1/s1/i12+1,14+1. The zero-order valence-electron chi connectivity index (χ0n) is 15.4. The van der Waals surface area contributed by atoms with E-state index in [2.05, 4.69) is 46.1 Å². The summed E-state index contributed by atoms with van der Waals surface area (Å²) in [5.74, 6) is 0.425. The molecule has 22 heavy (non-hydrogen) atoms. The summed E-state index contributed by atoms with van der Waals surface area (Å²) >= 11 is 1.29. The van der Waals surface area contributed by atoms with E-state index in [9.17, 15) is 9.59 Å². The highest BCUT2D eigenvalue weighted by Gasteiger charge is 2.40. The molecule has 0 spiro atoms. The molecule has 6 heteroatoms. The minimum Gasteiger partial charge on any atom is -0.413 e. The zero-order valence-corrected chi connectivity index (χ0v) is 17.2. The minimum absolute atomic E-state index is 0.0262. The van der Waals surface area contributed by atoms with Crippen LogP contribution in [0.2, 0.25) is 18.1 Å². The molecule has 0 aromatic rings. The molecule has 2 atom stereocenters. The second-order valence-electron chi connectivity index (χ2n) is 7.26. The molecule has 0 aromatic heterocycles. The van der Waals surface area contributed by atoms with E-state index in [0.717, 1.165) is 6.42 Å². The van der Waals surface area contributed by atoms with E-state index in [1.54, 1.807) is 0 Å². The molecule has 0 radical (unpaired) electrons. The van der Waals surface area contributed by atoms with Crippen molar-refractivity contribution in [3.63, 3.8) is 0 Å². The third kappa shape index (κ3) is 7.29. The first-order valence-corrected chi connectivity index (χ1v) is 11.9. The van der Waals surface area contributed by atoms with Gasteiger partial charge < -0.3 is 9.74 Å². The van der Waals surface area contributed by atoms with Crippen LogP contribution in [0.3, 0.4) is 0 Å². The van der Waals surface area contributed by atoms with Crippen LogP contribution in [0.15, 0.2) is 0 Å². The summed E-state index contributed by atoms with van der Waals surface area (Å²) in [6.45, 7) is 17.1. The van der Waals surface area contributed by atoms with E-state index in [1.165, 1.54) is 18.7 Å². The minimum atomic E-state index is -1.87. The SMILES string of the molecule is CC[13C@@H](O[Si](C)(C)C(C)(C)C)[13C@@H](C)C(=O)SCCNC(C)=O. The lowest BCUT2D eigenvalue weighted by atomic mass is 10.2. The van der Waals surface area contributed by atoms with Gasteiger partial charge in [0.2, 0.25) is 5.91 Å². The van der Waals surface area contributed by atoms with Crippen molar-refractivity contribution < 1.29 is 14.0 Å². The molecule has 0 aliphatic rings. The summed E-state index contributed by atoms with van der Waals surface area (Å²) in [5.41, 5.74) is 0. The quantitative estimate of drug-likeness (QED) is 0.411. The number of amides is 1. The Kier molecular flexibility index (Phi) is 8.94. The van der Waals surface area contributed by atoms with Crippen molar-refractivity contribution in [3.05, 3.63) is 0 Å². The van der Waals surface area contributed by atoms with E-state index >= 15 is 0 Å². The summed E-state index contributed by atoms with van der Waals surface area (Å²) in [5, 5.41) is 2.99. The van der Waals surface area contributed by atoms with Gasteiger partial charge in [-0.15, -0.1) is 0 Å². The third-order valence-electron chi connectivity index (χ3n) is 4.30. The summed E-state index contributed by atoms with van der Waals surface area (Å²) in [7, 11) is -1.87. The van der Waals surface area contributed by atoms with E-state index < -0.39 is 8.32 Å². The van der Waals surface area contributed by atoms with Crippen molar-refractivity contribution in [2.75, 3.05) is 12.3 Å². The van der Waals surface area contributed by atoms with Gasteiger partial charge in [-0.1, -0.05) is 46.4 Å². The molecule has 0 saturated heterocycles. The largest absolute Gasteiger partial charge is 0.413 e. The molecule has 0 bridgehead atoms. The predicted molar refractivity (Wildman–Crippen MR) is 97.7 cm³/mol. The molecule has 0 fully saturated rings. The molecular weight excluding hydrogens is 316 g/mol. The van der Waals surface area contributed by atoms with Gasteiger partial charge in [0.05, 0.1) is 12.0 Å². The number of hydrogen-bond acceptors (Lipinski definition) is 4. The maximum Gasteiger partial charge on any atom is 0.216 e. The van der Waals surface area contributed by atoms with Gasteiger partial charge in [0.25, 0.3) is 0 Å². The fourth-order valence-corrected chi connectivity index (χ4v) is 4.06. The molecule has 0 unspecified atom stereocenters. The number of hydrogen-bond donors (Lipinski definition) is 1. The Morgan fingerprint density at radius 1 is 1.27 bits per heavy atom. The van der Waals surface area contributed by atoms with E-state index in [0.29, 0.717) is 12.3 Å². The summed E-state index contributed by atoms with van der Waals surface area (Å²) in [6, 6.07) is 0. The van der Waals surface area contributed by atoms with Gasteiger partial charge in [0.15, 0.2) is 13.4 Å². The van der Waals surface area contributed by atoms with Crippen LogP contribution >= 0.6 is 11.8 Å². The van der Waals surface area contributed by atoms with Crippen molar-refractivity contribution in [3.8, 4) is 0 Å². The highest BCUT2D eigenvalue weighted by atomic mass is 32.2. The Hall–Kier alpha value is -0.333. The summed E-state index contributed by atoms with van der Waals surface area (Å²) in [4.78, 5) is 23.1. The van der Waals surface area contributed by atoms with Crippen molar-refractivity contribution >= 4 is 31.1 Å². The van der Waals surface area contributed by atoms with Crippen LogP contribution in [0.5, 0.6) is 0 Å². The lowest BCUT2D eigenvalue weighted by molar-refractivity contribution is -0.119. The Labute approximate surface area is 141 Å². The molecule has 1 amide bonds. The van der Waals surface area contributed by atoms with Gasteiger partial charge in [-0.3, -0.25) is 9.59 Å². The van der Waals surface area contributed by atoms with Crippen molar-refractivity contribution in [2.24, 2.45) is 5.92 Å². The second-order valence-corrected chi connectivity index (χ2v) is 13.1. The van der Waals surface area contributed by atoms with Crippen LogP contribution in [0.4, 0.5) is 0 Å². The summed E-state index contributed by atoms with van der Waals surface area (Å²) in [6.07, 6.45) is 0.813. The van der Waals surface area contributed by atoms with Crippen LogP contribution in [0, 0.1) is 5.92 Å². The first-order chi connectivity index (χ1) is 9.92. The first-order valence-electron chi connectivity index (χ1n) is 8.01. The van der Waals surface area contributed by atoms with Crippen LogP contribution in [0.1, 0.15) is 48.0 Å². The Morgan fingerprint density at radius 2 is 1.82 bits per heavy atom. The van der Waals surface area contributed by atoms with Gasteiger partial charge in [0.1, 0.15) is 0 Å². The lowest BCUT2D eigenvalue weighted by Crippen LogP contribution is -2.46. The van der Waals surface area contributed by atoms with Crippen LogP contribution in [0.25, 0.3) is 0 Å². The third-order valence-corrected chi connectivity index (χ3v) is 9.87. The van der Waals surface area contributed by atoms with Crippen molar-refractivity contribution in [2.45, 2.75) is 72.2 Å². The molecule has 0 aromatic carbocycles. The monoisotopic (exact) mass is 349 g/mol. The molecule has 130 valence electrons. The number of carbonyl (C=O) groups is 2. The molecule has 1 N–H and O–H groups in total. The molecule has 0 aliphatic heterocycles. The molecule has 0 rings (SSSR count). The summed E-state index contributed by atoms with van der Waals surface area (Å²) < 4.78 is 6.41. The maximum atomic E-state index is 12.3. The van der Waals surface area contributed by atoms with Gasteiger partial charge >= 0.3 is 0 Å². The van der Waals surface area contributed by atoms with Gasteiger partial charge in [0, 0.05) is 19.2 Å². The first kappa shape index (κ1) is 21.7. The van der Waals surface area contributed by atoms with Gasteiger partial charge in [-0.25, -0.2) is 0 Å². The lowest BCUT2D eigenvalue weighted by Gasteiger charge is -2.40. The second kappa shape index (κ2) is 9.08. The highest BCUT2D eigenvalue weighted by Crippen LogP contribution is 2.38. The normalized spacial score (nSPS) is 15.3. The Bertz CT molecular complexity index is 380. The van der Waals surface area contributed by atoms with Gasteiger partial charge in [-0.2, -0.15) is 0 Å².